The highest BCUT2D eigenvalue weighted by Crippen LogP contribution is 2.14. The van der Waals surface area contributed by atoms with Crippen LogP contribution in [0.5, 0.6) is 0 Å². The smallest absolute Gasteiger partial charge is 0.306 e. The van der Waals surface area contributed by atoms with Crippen LogP contribution in [0.25, 0.3) is 0 Å². The predicted molar refractivity (Wildman–Crippen MR) is 256 cm³/mol. The highest BCUT2D eigenvalue weighted by Gasteiger charge is 2.19. The second-order valence-electron chi connectivity index (χ2n) is 16.8. The van der Waals surface area contributed by atoms with Gasteiger partial charge in [-0.2, -0.15) is 0 Å². The van der Waals surface area contributed by atoms with Gasteiger partial charge in [0.15, 0.2) is 6.10 Å². The first-order valence-corrected chi connectivity index (χ1v) is 25.3. The van der Waals surface area contributed by atoms with Crippen LogP contribution in [0.4, 0.5) is 0 Å². The molecule has 0 N–H and O–H groups in total. The Balaban J connectivity index is 4.41. The minimum Gasteiger partial charge on any atom is -0.462 e. The van der Waals surface area contributed by atoms with Crippen LogP contribution < -0.4 is 0 Å². The van der Waals surface area contributed by atoms with Crippen molar-refractivity contribution in [3.8, 4) is 0 Å². The lowest BCUT2D eigenvalue weighted by molar-refractivity contribution is -0.167. The summed E-state index contributed by atoms with van der Waals surface area (Å²) in [7, 11) is 0. The predicted octanol–water partition coefficient (Wildman–Crippen LogP) is 16.5. The van der Waals surface area contributed by atoms with Crippen LogP contribution >= 0.6 is 0 Å². The second-order valence-corrected chi connectivity index (χ2v) is 16.8. The maximum Gasteiger partial charge on any atom is 0.306 e. The Hall–Kier alpha value is -2.89. The second kappa shape index (κ2) is 48.8. The first-order valence-electron chi connectivity index (χ1n) is 25.3. The molecule has 0 aromatic carbocycles. The fourth-order valence-corrected chi connectivity index (χ4v) is 6.98. The van der Waals surface area contributed by atoms with Crippen molar-refractivity contribution in [1.29, 1.82) is 0 Å². The Morgan fingerprint density at radius 2 is 0.617 bits per heavy atom. The van der Waals surface area contributed by atoms with E-state index in [0.717, 1.165) is 96.3 Å². The molecule has 6 nitrogen and oxygen atoms in total. The Labute approximate surface area is 370 Å². The van der Waals surface area contributed by atoms with Crippen LogP contribution in [-0.4, -0.2) is 37.2 Å². The molecule has 0 aliphatic rings. The van der Waals surface area contributed by atoms with Gasteiger partial charge in [0.2, 0.25) is 0 Å². The topological polar surface area (TPSA) is 78.9 Å². The van der Waals surface area contributed by atoms with Crippen molar-refractivity contribution in [1.82, 2.24) is 0 Å². The number of rotatable bonds is 45. The van der Waals surface area contributed by atoms with Gasteiger partial charge in [0, 0.05) is 19.3 Å². The van der Waals surface area contributed by atoms with Crippen LogP contribution in [-0.2, 0) is 28.6 Å². The van der Waals surface area contributed by atoms with Crippen molar-refractivity contribution in [3.05, 3.63) is 60.8 Å². The molecule has 0 aromatic heterocycles. The first kappa shape index (κ1) is 57.1. The van der Waals surface area contributed by atoms with Crippen LogP contribution in [0.1, 0.15) is 245 Å². The SMILES string of the molecule is CCCCC\C=C/C=C\C=C/C=C\CCCCCCCC(=O)OCC(COC(=O)CCCCCCCCCCCCCC)OC(=O)CCCCCCC/C=C\CCCCC. The van der Waals surface area contributed by atoms with Gasteiger partial charge >= 0.3 is 17.9 Å². The van der Waals surface area contributed by atoms with E-state index in [1.54, 1.807) is 0 Å². The summed E-state index contributed by atoms with van der Waals surface area (Å²) in [6, 6.07) is 0. The molecule has 1 atom stereocenters. The lowest BCUT2D eigenvalue weighted by Gasteiger charge is -2.18. The highest BCUT2D eigenvalue weighted by atomic mass is 16.6. The molecular weight excluding hydrogens is 745 g/mol. The molecule has 60 heavy (non-hydrogen) atoms. The fourth-order valence-electron chi connectivity index (χ4n) is 6.98. The number of carbonyl (C=O) groups excluding carboxylic acids is 3. The van der Waals surface area contributed by atoms with E-state index < -0.39 is 6.10 Å². The fraction of sp³-hybridized carbons (Fsp3) is 0.759. The van der Waals surface area contributed by atoms with E-state index in [4.69, 9.17) is 14.2 Å². The maximum absolute atomic E-state index is 12.8. The van der Waals surface area contributed by atoms with Crippen molar-refractivity contribution >= 4 is 17.9 Å². The van der Waals surface area contributed by atoms with Gasteiger partial charge in [-0.15, -0.1) is 0 Å². The molecule has 0 saturated carbocycles. The highest BCUT2D eigenvalue weighted by molar-refractivity contribution is 5.71. The molecule has 0 rings (SSSR count). The third kappa shape index (κ3) is 46.2. The summed E-state index contributed by atoms with van der Waals surface area (Å²) >= 11 is 0. The lowest BCUT2D eigenvalue weighted by Crippen LogP contribution is -2.30. The van der Waals surface area contributed by atoms with Gasteiger partial charge in [-0.1, -0.05) is 216 Å². The van der Waals surface area contributed by atoms with Crippen LogP contribution in [0, 0.1) is 0 Å². The van der Waals surface area contributed by atoms with Gasteiger partial charge in [-0.3, -0.25) is 14.4 Å². The Kier molecular flexibility index (Phi) is 46.4. The minimum atomic E-state index is -0.785. The Bertz CT molecular complexity index is 1100. The summed E-state index contributed by atoms with van der Waals surface area (Å²) in [5.74, 6) is -0.914. The average molecular weight is 839 g/mol. The van der Waals surface area contributed by atoms with Gasteiger partial charge in [0.1, 0.15) is 13.2 Å². The van der Waals surface area contributed by atoms with Gasteiger partial charge in [0.05, 0.1) is 0 Å². The standard InChI is InChI=1S/C54H94O6/c1-4-7-10-13-16-19-22-25-26-27-28-29-30-33-35-38-41-44-47-53(56)59-50-51(60-54(57)48-45-42-39-36-32-24-21-18-15-12-9-6-3)49-58-52(55)46-43-40-37-34-31-23-20-17-14-11-8-5-2/h16,18-19,21-22,25-29,51H,4-15,17,20,23-24,30-50H2,1-3H3/b19-16-,21-18-,25-22-,27-26-,29-28-. The minimum absolute atomic E-state index is 0.0838. The van der Waals surface area contributed by atoms with Gasteiger partial charge < -0.3 is 14.2 Å². The van der Waals surface area contributed by atoms with Crippen molar-refractivity contribution in [3.63, 3.8) is 0 Å². The summed E-state index contributed by atoms with van der Waals surface area (Å²) in [6.07, 6.45) is 59.1. The number of hydrogen-bond donors (Lipinski definition) is 0. The molecule has 0 amide bonds. The molecule has 346 valence electrons. The molecule has 0 saturated heterocycles. The summed E-state index contributed by atoms with van der Waals surface area (Å²) in [5.41, 5.74) is 0. The zero-order chi connectivity index (χ0) is 43.7. The number of ether oxygens (including phenoxy) is 3. The molecule has 0 bridgehead atoms. The van der Waals surface area contributed by atoms with Crippen LogP contribution in [0.3, 0.4) is 0 Å². The third-order valence-electron chi connectivity index (χ3n) is 10.8. The molecule has 0 fully saturated rings. The van der Waals surface area contributed by atoms with Crippen LogP contribution in [0.2, 0.25) is 0 Å². The molecule has 1 unspecified atom stereocenters. The van der Waals surface area contributed by atoms with Crippen molar-refractivity contribution in [2.75, 3.05) is 13.2 Å². The zero-order valence-electron chi connectivity index (χ0n) is 39.5. The molecule has 0 aromatic rings. The lowest BCUT2D eigenvalue weighted by atomic mass is 10.0. The quantitative estimate of drug-likeness (QED) is 0.0200. The van der Waals surface area contributed by atoms with Crippen molar-refractivity contribution in [2.45, 2.75) is 252 Å². The number of esters is 3. The monoisotopic (exact) mass is 839 g/mol. The van der Waals surface area contributed by atoms with E-state index in [1.165, 1.54) is 109 Å². The number of carbonyl (C=O) groups is 3. The van der Waals surface area contributed by atoms with Crippen molar-refractivity contribution < 1.29 is 28.6 Å². The van der Waals surface area contributed by atoms with Gasteiger partial charge in [0.25, 0.3) is 0 Å². The van der Waals surface area contributed by atoms with Crippen molar-refractivity contribution in [2.24, 2.45) is 0 Å². The molecule has 0 aliphatic carbocycles. The molecule has 0 radical (unpaired) electrons. The summed E-state index contributed by atoms with van der Waals surface area (Å²) < 4.78 is 16.7. The Morgan fingerprint density at radius 1 is 0.333 bits per heavy atom. The number of allylic oxidation sites excluding steroid dienone is 10. The van der Waals surface area contributed by atoms with E-state index in [2.05, 4.69) is 81.5 Å². The third-order valence-corrected chi connectivity index (χ3v) is 10.8. The molecule has 0 spiro atoms. The van der Waals surface area contributed by atoms with Gasteiger partial charge in [-0.25, -0.2) is 0 Å². The first-order chi connectivity index (χ1) is 29.5. The normalized spacial score (nSPS) is 12.5. The average Bonchev–Trinajstić information content (AvgIpc) is 3.24. The van der Waals surface area contributed by atoms with E-state index >= 15 is 0 Å². The zero-order valence-corrected chi connectivity index (χ0v) is 39.5. The summed E-state index contributed by atoms with van der Waals surface area (Å²) in [4.78, 5) is 37.9. The Morgan fingerprint density at radius 3 is 1.02 bits per heavy atom. The molecule has 0 heterocycles. The van der Waals surface area contributed by atoms with Crippen LogP contribution in [0.15, 0.2) is 60.8 Å². The summed E-state index contributed by atoms with van der Waals surface area (Å²) in [6.45, 7) is 6.55. The molecular formula is C54H94O6. The van der Waals surface area contributed by atoms with Gasteiger partial charge in [-0.05, 0) is 70.6 Å². The van der Waals surface area contributed by atoms with E-state index in [9.17, 15) is 14.4 Å². The van der Waals surface area contributed by atoms with E-state index in [-0.39, 0.29) is 31.1 Å². The van der Waals surface area contributed by atoms with E-state index in [0.29, 0.717) is 19.3 Å². The van der Waals surface area contributed by atoms with E-state index in [1.807, 2.05) is 0 Å². The number of unbranched alkanes of at least 4 members (excludes halogenated alkanes) is 27. The largest absolute Gasteiger partial charge is 0.462 e. The summed E-state index contributed by atoms with van der Waals surface area (Å²) in [5, 5.41) is 0. The molecule has 6 heteroatoms. The maximum atomic E-state index is 12.8. The molecule has 0 aliphatic heterocycles. The number of hydrogen-bond acceptors (Lipinski definition) is 6.